The van der Waals surface area contributed by atoms with Crippen LogP contribution in [0.15, 0.2) is 121 Å². The molecule has 5 heteroatoms. The van der Waals surface area contributed by atoms with Crippen molar-refractivity contribution in [3.8, 4) is 0 Å². The van der Waals surface area contributed by atoms with Crippen LogP contribution in [0.5, 0.6) is 0 Å². The van der Waals surface area contributed by atoms with E-state index in [1.807, 2.05) is 77.7 Å². The molecule has 0 unspecified atom stereocenters. The third-order valence-corrected chi connectivity index (χ3v) is 8.12. The lowest BCUT2D eigenvalue weighted by Gasteiger charge is -2.33. The van der Waals surface area contributed by atoms with Crippen LogP contribution in [0.1, 0.15) is 47.4 Å². The first-order valence-corrected chi connectivity index (χ1v) is 14.0. The average molecular weight is 515 g/mol. The molecule has 0 aliphatic carbocycles. The van der Waals surface area contributed by atoms with Gasteiger partial charge < -0.3 is 4.90 Å². The summed E-state index contributed by atoms with van der Waals surface area (Å²) in [6, 6.07) is 34.7. The van der Waals surface area contributed by atoms with Crippen LogP contribution in [0.25, 0.3) is 0 Å². The molecule has 0 bridgehead atoms. The number of amides is 1. The summed E-state index contributed by atoms with van der Waals surface area (Å²) in [5.41, 5.74) is 3.04. The Labute approximate surface area is 230 Å². The van der Waals surface area contributed by atoms with Crippen LogP contribution in [-0.4, -0.2) is 52.7 Å². The molecule has 6 rings (SSSR count). The van der Waals surface area contributed by atoms with Gasteiger partial charge in [0.15, 0.2) is 5.54 Å². The average Bonchev–Trinajstić information content (AvgIpc) is 3.32. The lowest BCUT2D eigenvalue weighted by Crippen LogP contribution is -2.43. The predicted molar refractivity (Wildman–Crippen MR) is 156 cm³/mol. The molecule has 3 aromatic carbocycles. The first kappa shape index (κ1) is 25.2. The van der Waals surface area contributed by atoms with Crippen molar-refractivity contribution in [1.29, 1.82) is 0 Å². The Morgan fingerprint density at radius 2 is 1.28 bits per heavy atom. The molecule has 0 N–H and O–H groups in total. The van der Waals surface area contributed by atoms with Gasteiger partial charge in [-0.15, -0.1) is 0 Å². The molecule has 1 amide bonds. The van der Waals surface area contributed by atoms with Crippen molar-refractivity contribution < 1.29 is 4.79 Å². The molecule has 5 nitrogen and oxygen atoms in total. The second-order valence-corrected chi connectivity index (χ2v) is 10.5. The van der Waals surface area contributed by atoms with Crippen LogP contribution >= 0.6 is 0 Å². The predicted octanol–water partition coefficient (Wildman–Crippen LogP) is 5.88. The highest BCUT2D eigenvalue weighted by molar-refractivity contribution is 6.16. The van der Waals surface area contributed by atoms with Crippen LogP contribution in [0.2, 0.25) is 0 Å². The number of hydrogen-bond acceptors (Lipinski definition) is 4. The highest BCUT2D eigenvalue weighted by Crippen LogP contribution is 2.41. The Morgan fingerprint density at radius 3 is 1.87 bits per heavy atom. The van der Waals surface area contributed by atoms with Crippen LogP contribution in [0.3, 0.4) is 0 Å². The van der Waals surface area contributed by atoms with E-state index < -0.39 is 5.54 Å². The summed E-state index contributed by atoms with van der Waals surface area (Å²) in [6.07, 6.45) is 6.79. The Kier molecular flexibility index (Phi) is 7.33. The lowest BCUT2D eigenvalue weighted by molar-refractivity contribution is -0.130. The van der Waals surface area contributed by atoms with Crippen molar-refractivity contribution >= 4 is 11.7 Å². The number of aliphatic imine (C=N–C) groups is 1. The number of amidine groups is 1. The SMILES string of the molecule is O=C1N(CCCN2CCC(c3ccccc3)CC2)C(c2ccncc2)=NC1(c1ccccc1)c1ccccc1. The van der Waals surface area contributed by atoms with E-state index in [-0.39, 0.29) is 5.91 Å². The maximum Gasteiger partial charge on any atom is 0.265 e. The van der Waals surface area contributed by atoms with Gasteiger partial charge in [-0.25, -0.2) is 4.99 Å². The highest BCUT2D eigenvalue weighted by Gasteiger charge is 2.51. The molecular weight excluding hydrogens is 480 g/mol. The molecule has 3 heterocycles. The standard InChI is InChI=1S/C34H34N4O/c39-33-34(30-13-6-2-7-14-30,31-15-8-3-9-16-31)36-32(29-17-21-35-22-18-29)38(33)24-10-23-37-25-19-28(20-26-37)27-11-4-1-5-12-27/h1-9,11-18,21-22,28H,10,19-20,23-26H2. The zero-order valence-corrected chi connectivity index (χ0v) is 22.2. The number of hydrogen-bond donors (Lipinski definition) is 0. The zero-order chi connectivity index (χ0) is 26.5. The molecular formula is C34H34N4O. The van der Waals surface area contributed by atoms with Gasteiger partial charge in [0.05, 0.1) is 0 Å². The van der Waals surface area contributed by atoms with Gasteiger partial charge in [0.25, 0.3) is 5.91 Å². The Bertz CT molecular complexity index is 1360. The first-order chi connectivity index (χ1) is 19.3. The summed E-state index contributed by atoms with van der Waals surface area (Å²) in [6.45, 7) is 3.78. The van der Waals surface area contributed by atoms with Crippen molar-refractivity contribution in [2.75, 3.05) is 26.2 Å². The van der Waals surface area contributed by atoms with Gasteiger partial charge in [-0.3, -0.25) is 14.7 Å². The van der Waals surface area contributed by atoms with Crippen molar-refractivity contribution in [3.63, 3.8) is 0 Å². The molecule has 1 saturated heterocycles. The molecule has 1 aromatic heterocycles. The van der Waals surface area contributed by atoms with E-state index in [9.17, 15) is 4.79 Å². The Hall–Kier alpha value is -4.09. The van der Waals surface area contributed by atoms with E-state index >= 15 is 0 Å². The van der Waals surface area contributed by atoms with Gasteiger partial charge >= 0.3 is 0 Å². The first-order valence-electron chi connectivity index (χ1n) is 14.0. The largest absolute Gasteiger partial charge is 0.303 e. The third kappa shape index (κ3) is 5.02. The van der Waals surface area contributed by atoms with Crippen molar-refractivity contribution in [2.45, 2.75) is 30.7 Å². The minimum Gasteiger partial charge on any atom is -0.303 e. The van der Waals surface area contributed by atoms with Crippen LogP contribution < -0.4 is 0 Å². The number of benzene rings is 3. The number of carbonyl (C=O) groups excluding carboxylic acids is 1. The molecule has 0 atom stereocenters. The molecule has 2 aliphatic heterocycles. The summed E-state index contributed by atoms with van der Waals surface area (Å²) in [4.78, 5) is 28.4. The Morgan fingerprint density at radius 1 is 0.718 bits per heavy atom. The second kappa shape index (κ2) is 11.3. The van der Waals surface area contributed by atoms with Gasteiger partial charge in [-0.2, -0.15) is 0 Å². The fraction of sp³-hybridized carbons (Fsp3) is 0.265. The van der Waals surface area contributed by atoms with E-state index in [1.54, 1.807) is 12.4 Å². The number of nitrogens with zero attached hydrogens (tertiary/aromatic N) is 4. The molecule has 0 spiro atoms. The van der Waals surface area contributed by atoms with Gasteiger partial charge in [0.2, 0.25) is 0 Å². The van der Waals surface area contributed by atoms with Gasteiger partial charge in [-0.1, -0.05) is 91.0 Å². The Balaban J connectivity index is 1.23. The van der Waals surface area contributed by atoms with Crippen LogP contribution in [-0.2, 0) is 10.3 Å². The van der Waals surface area contributed by atoms with E-state index in [0.29, 0.717) is 12.5 Å². The second-order valence-electron chi connectivity index (χ2n) is 10.5. The van der Waals surface area contributed by atoms with E-state index in [0.717, 1.165) is 48.6 Å². The summed E-state index contributed by atoms with van der Waals surface area (Å²) < 4.78 is 0. The number of pyridine rings is 1. The minimum atomic E-state index is -1.10. The number of carbonyl (C=O) groups is 1. The third-order valence-electron chi connectivity index (χ3n) is 8.12. The molecule has 2 aliphatic rings. The molecule has 39 heavy (non-hydrogen) atoms. The topological polar surface area (TPSA) is 48.8 Å². The van der Waals surface area contributed by atoms with E-state index in [1.165, 1.54) is 18.4 Å². The van der Waals surface area contributed by atoms with Crippen LogP contribution in [0.4, 0.5) is 0 Å². The van der Waals surface area contributed by atoms with Crippen molar-refractivity contribution in [2.24, 2.45) is 4.99 Å². The summed E-state index contributed by atoms with van der Waals surface area (Å²) in [7, 11) is 0. The number of rotatable bonds is 8. The molecule has 196 valence electrons. The summed E-state index contributed by atoms with van der Waals surface area (Å²) >= 11 is 0. The summed E-state index contributed by atoms with van der Waals surface area (Å²) in [5.74, 6) is 1.37. The quantitative estimate of drug-likeness (QED) is 0.295. The van der Waals surface area contributed by atoms with Gasteiger partial charge in [-0.05, 0) is 73.6 Å². The molecule has 1 fully saturated rings. The van der Waals surface area contributed by atoms with Gasteiger partial charge in [0, 0.05) is 24.5 Å². The molecule has 4 aromatic rings. The monoisotopic (exact) mass is 514 g/mol. The fourth-order valence-electron chi connectivity index (χ4n) is 6.06. The zero-order valence-electron chi connectivity index (χ0n) is 22.2. The fourth-order valence-corrected chi connectivity index (χ4v) is 6.06. The maximum absolute atomic E-state index is 14.5. The number of likely N-dealkylation sites (tertiary alicyclic amines) is 1. The lowest BCUT2D eigenvalue weighted by atomic mass is 9.83. The highest BCUT2D eigenvalue weighted by atomic mass is 16.2. The minimum absolute atomic E-state index is 0.00879. The normalized spacial score (nSPS) is 17.8. The van der Waals surface area contributed by atoms with Crippen molar-refractivity contribution in [3.05, 3.63) is 138 Å². The molecule has 0 saturated carbocycles. The van der Waals surface area contributed by atoms with E-state index in [2.05, 4.69) is 40.2 Å². The smallest absolute Gasteiger partial charge is 0.265 e. The van der Waals surface area contributed by atoms with Gasteiger partial charge in [0.1, 0.15) is 5.84 Å². The summed E-state index contributed by atoms with van der Waals surface area (Å²) in [5, 5.41) is 0. The number of piperidine rings is 1. The van der Waals surface area contributed by atoms with Crippen LogP contribution in [0, 0.1) is 0 Å². The molecule has 0 radical (unpaired) electrons. The van der Waals surface area contributed by atoms with E-state index in [4.69, 9.17) is 4.99 Å². The number of aromatic nitrogens is 1. The maximum atomic E-state index is 14.5. The van der Waals surface area contributed by atoms with Crippen molar-refractivity contribution in [1.82, 2.24) is 14.8 Å².